The molecule has 1 aliphatic heterocycles. The van der Waals surface area contributed by atoms with Gasteiger partial charge in [0, 0.05) is 13.7 Å². The van der Waals surface area contributed by atoms with Crippen LogP contribution in [0, 0.1) is 0 Å². The Bertz CT molecular complexity index is 577. The molecule has 7 nitrogen and oxygen atoms in total. The van der Waals surface area contributed by atoms with E-state index in [1.54, 1.807) is 0 Å². The van der Waals surface area contributed by atoms with Crippen LogP contribution >= 0.6 is 0 Å². The Labute approximate surface area is 104 Å². The minimum absolute atomic E-state index is 0.0338. The molecule has 0 saturated carbocycles. The van der Waals surface area contributed by atoms with E-state index in [4.69, 9.17) is 10.5 Å². The molecule has 1 aliphatic rings. The number of nitrogens with two attached hydrogens (primary N) is 1. The number of aromatic nitrogens is 2. The smallest absolute Gasteiger partial charge is 0.329 e. The fourth-order valence-corrected chi connectivity index (χ4v) is 2.04. The van der Waals surface area contributed by atoms with Crippen molar-refractivity contribution in [3.05, 3.63) is 20.8 Å². The molecule has 0 amide bonds. The Morgan fingerprint density at radius 1 is 1.56 bits per heavy atom. The fraction of sp³-hybridized carbons (Fsp3) is 0.636. The first-order valence-electron chi connectivity index (χ1n) is 5.84. The monoisotopic (exact) mass is 254 g/mol. The lowest BCUT2D eigenvalue weighted by atomic mass is 9.94. The molecule has 1 fully saturated rings. The molecule has 2 heterocycles. The van der Waals surface area contributed by atoms with Crippen LogP contribution in [0.15, 0.2) is 9.59 Å². The molecule has 0 spiro atoms. The van der Waals surface area contributed by atoms with Crippen molar-refractivity contribution >= 4 is 11.5 Å². The summed E-state index contributed by atoms with van der Waals surface area (Å²) in [5, 5.41) is 3.12. The standard InChI is InChI=1S/C11H18N4O3/c1-6-11(2,4-5-18-6)14-7-8(12)15(3)10(17)13-9(7)16/h6,14H,4-5,12H2,1-3H3,(H,13,16,17). The zero-order chi connectivity index (χ0) is 13.5. The summed E-state index contributed by atoms with van der Waals surface area (Å²) in [4.78, 5) is 25.4. The molecule has 1 aromatic heterocycles. The molecule has 0 aromatic carbocycles. The summed E-state index contributed by atoms with van der Waals surface area (Å²) in [6.07, 6.45) is 0.740. The second-order valence-electron chi connectivity index (χ2n) is 4.88. The number of nitrogens with zero attached hydrogens (tertiary/aromatic N) is 1. The van der Waals surface area contributed by atoms with Gasteiger partial charge >= 0.3 is 5.69 Å². The van der Waals surface area contributed by atoms with E-state index >= 15 is 0 Å². The minimum atomic E-state index is -0.524. The quantitative estimate of drug-likeness (QED) is 0.668. The summed E-state index contributed by atoms with van der Waals surface area (Å²) in [5.41, 5.74) is 4.64. The van der Waals surface area contributed by atoms with Gasteiger partial charge in [0.25, 0.3) is 5.56 Å². The average molecular weight is 254 g/mol. The van der Waals surface area contributed by atoms with E-state index in [9.17, 15) is 9.59 Å². The second-order valence-corrected chi connectivity index (χ2v) is 4.88. The van der Waals surface area contributed by atoms with Crippen molar-refractivity contribution in [1.29, 1.82) is 0 Å². The molecule has 1 saturated heterocycles. The maximum atomic E-state index is 11.8. The van der Waals surface area contributed by atoms with Gasteiger partial charge in [-0.2, -0.15) is 0 Å². The van der Waals surface area contributed by atoms with Crippen molar-refractivity contribution in [2.75, 3.05) is 17.7 Å². The number of nitrogens with one attached hydrogen (secondary N) is 2. The molecule has 7 heteroatoms. The van der Waals surface area contributed by atoms with Crippen molar-refractivity contribution in [3.63, 3.8) is 0 Å². The van der Waals surface area contributed by atoms with Gasteiger partial charge in [-0.25, -0.2) is 4.79 Å². The van der Waals surface area contributed by atoms with E-state index in [0.717, 1.165) is 6.42 Å². The lowest BCUT2D eigenvalue weighted by Crippen LogP contribution is -2.44. The maximum absolute atomic E-state index is 11.8. The summed E-state index contributed by atoms with van der Waals surface area (Å²) in [6.45, 7) is 4.54. The Balaban J connectivity index is 2.44. The first kappa shape index (κ1) is 12.7. The average Bonchev–Trinajstić information content (AvgIpc) is 2.63. The molecule has 2 atom stereocenters. The molecule has 2 rings (SSSR count). The van der Waals surface area contributed by atoms with Gasteiger partial charge in [-0.1, -0.05) is 0 Å². The van der Waals surface area contributed by atoms with Crippen LogP contribution in [0.25, 0.3) is 0 Å². The maximum Gasteiger partial charge on any atom is 0.329 e. The predicted molar refractivity (Wildman–Crippen MR) is 68.8 cm³/mol. The van der Waals surface area contributed by atoms with E-state index in [-0.39, 0.29) is 23.1 Å². The van der Waals surface area contributed by atoms with E-state index in [1.807, 2.05) is 13.8 Å². The molecule has 0 aliphatic carbocycles. The third-order valence-corrected chi connectivity index (χ3v) is 3.67. The highest BCUT2D eigenvalue weighted by Crippen LogP contribution is 2.29. The summed E-state index contributed by atoms with van der Waals surface area (Å²) >= 11 is 0. The lowest BCUT2D eigenvalue weighted by Gasteiger charge is -2.30. The Morgan fingerprint density at radius 3 is 2.78 bits per heavy atom. The third kappa shape index (κ3) is 1.90. The van der Waals surface area contributed by atoms with Crippen LogP contribution in [0.4, 0.5) is 11.5 Å². The molecular formula is C11H18N4O3. The lowest BCUT2D eigenvalue weighted by molar-refractivity contribution is 0.105. The Kier molecular flexibility index (Phi) is 2.94. The third-order valence-electron chi connectivity index (χ3n) is 3.67. The summed E-state index contributed by atoms with van der Waals surface area (Å²) in [5.74, 6) is 0.129. The van der Waals surface area contributed by atoms with Gasteiger partial charge in [-0.15, -0.1) is 0 Å². The van der Waals surface area contributed by atoms with Crippen LogP contribution in [-0.4, -0.2) is 27.8 Å². The van der Waals surface area contributed by atoms with Crippen molar-refractivity contribution in [3.8, 4) is 0 Å². The minimum Gasteiger partial charge on any atom is -0.383 e. The number of H-pyrrole nitrogens is 1. The number of anilines is 2. The largest absolute Gasteiger partial charge is 0.383 e. The fourth-order valence-electron chi connectivity index (χ4n) is 2.04. The molecule has 0 radical (unpaired) electrons. The molecular weight excluding hydrogens is 236 g/mol. The molecule has 1 aromatic rings. The van der Waals surface area contributed by atoms with E-state index in [2.05, 4.69) is 10.3 Å². The van der Waals surface area contributed by atoms with Crippen LogP contribution in [0.3, 0.4) is 0 Å². The van der Waals surface area contributed by atoms with Crippen LogP contribution in [0.2, 0.25) is 0 Å². The van der Waals surface area contributed by atoms with Crippen molar-refractivity contribution in [1.82, 2.24) is 9.55 Å². The predicted octanol–water partition coefficient (Wildman–Crippen LogP) is -0.365. The van der Waals surface area contributed by atoms with Gasteiger partial charge in [0.1, 0.15) is 11.5 Å². The molecule has 2 unspecified atom stereocenters. The number of nitrogen functional groups attached to an aromatic ring is 1. The number of hydrogen-bond donors (Lipinski definition) is 3. The van der Waals surface area contributed by atoms with Crippen molar-refractivity contribution in [2.24, 2.45) is 7.05 Å². The zero-order valence-corrected chi connectivity index (χ0v) is 10.7. The SMILES string of the molecule is CC1OCCC1(C)Nc1c(N)n(C)c(=O)[nH]c1=O. The van der Waals surface area contributed by atoms with Gasteiger partial charge in [-0.05, 0) is 20.3 Å². The number of rotatable bonds is 2. The van der Waals surface area contributed by atoms with Gasteiger partial charge in [0.15, 0.2) is 0 Å². The summed E-state index contributed by atoms with van der Waals surface area (Å²) < 4.78 is 6.69. The van der Waals surface area contributed by atoms with E-state index in [1.165, 1.54) is 11.6 Å². The molecule has 4 N–H and O–H groups in total. The Hall–Kier alpha value is -1.76. The van der Waals surface area contributed by atoms with E-state index < -0.39 is 11.2 Å². The first-order chi connectivity index (χ1) is 8.35. The summed E-state index contributed by atoms with van der Waals surface area (Å²) in [6, 6.07) is 0. The van der Waals surface area contributed by atoms with Gasteiger partial charge in [-0.3, -0.25) is 14.3 Å². The highest BCUT2D eigenvalue weighted by molar-refractivity contribution is 5.61. The van der Waals surface area contributed by atoms with Gasteiger partial charge < -0.3 is 15.8 Å². The van der Waals surface area contributed by atoms with Crippen LogP contribution in [0.1, 0.15) is 20.3 Å². The van der Waals surface area contributed by atoms with Gasteiger partial charge in [0.2, 0.25) is 0 Å². The first-order valence-corrected chi connectivity index (χ1v) is 5.84. The van der Waals surface area contributed by atoms with Gasteiger partial charge in [0.05, 0.1) is 11.6 Å². The Morgan fingerprint density at radius 2 is 2.22 bits per heavy atom. The summed E-state index contributed by atoms with van der Waals surface area (Å²) in [7, 11) is 1.51. The normalized spacial score (nSPS) is 27.4. The van der Waals surface area contributed by atoms with E-state index in [0.29, 0.717) is 6.61 Å². The van der Waals surface area contributed by atoms with Crippen molar-refractivity contribution in [2.45, 2.75) is 31.9 Å². The molecule has 18 heavy (non-hydrogen) atoms. The highest BCUT2D eigenvalue weighted by Gasteiger charge is 2.38. The second kappa shape index (κ2) is 4.16. The zero-order valence-electron chi connectivity index (χ0n) is 10.7. The number of hydrogen-bond acceptors (Lipinski definition) is 5. The van der Waals surface area contributed by atoms with Crippen LogP contribution in [-0.2, 0) is 11.8 Å². The van der Waals surface area contributed by atoms with Crippen molar-refractivity contribution < 1.29 is 4.74 Å². The molecule has 0 bridgehead atoms. The topological polar surface area (TPSA) is 102 Å². The van der Waals surface area contributed by atoms with Crippen LogP contribution < -0.4 is 22.3 Å². The number of ether oxygens (including phenoxy) is 1. The highest BCUT2D eigenvalue weighted by atomic mass is 16.5. The van der Waals surface area contributed by atoms with Crippen LogP contribution in [0.5, 0.6) is 0 Å². The number of aromatic amines is 1. The molecule has 100 valence electrons.